The minimum absolute atomic E-state index is 0.00865. The van der Waals surface area contributed by atoms with Gasteiger partial charge in [0.2, 0.25) is 0 Å². The van der Waals surface area contributed by atoms with Crippen molar-refractivity contribution in [2.24, 2.45) is 0 Å². The van der Waals surface area contributed by atoms with Gasteiger partial charge in [0.05, 0.1) is 17.7 Å². The highest BCUT2D eigenvalue weighted by molar-refractivity contribution is 5.97. The highest BCUT2D eigenvalue weighted by Crippen LogP contribution is 2.40. The van der Waals surface area contributed by atoms with E-state index in [9.17, 15) is 4.79 Å². The van der Waals surface area contributed by atoms with Gasteiger partial charge in [-0.05, 0) is 52.8 Å². The smallest absolute Gasteiger partial charge is 0.255 e. The lowest BCUT2D eigenvalue weighted by molar-refractivity contribution is 0.0618. The van der Waals surface area contributed by atoms with Crippen molar-refractivity contribution in [3.8, 4) is 11.5 Å². The van der Waals surface area contributed by atoms with Crippen LogP contribution in [0.2, 0.25) is 0 Å². The standard InChI is InChI=1S/C22H27NO3/c1-14(2)25-19-9-7-6-8-16(19)21(24)23-18-13-22(4,5)26-20-11-10-15(3)12-17(18)20/h6-12,14,18H,13H2,1-5H3,(H,23,24)/t18-/m1/s1. The maximum absolute atomic E-state index is 13.0. The second-order valence-electron chi connectivity index (χ2n) is 7.80. The first-order valence-electron chi connectivity index (χ1n) is 9.11. The Morgan fingerprint density at radius 3 is 2.69 bits per heavy atom. The van der Waals surface area contributed by atoms with Crippen LogP contribution in [0.1, 0.15) is 61.6 Å². The number of nitrogens with one attached hydrogen (secondary N) is 1. The van der Waals surface area contributed by atoms with E-state index < -0.39 is 0 Å². The second kappa shape index (κ2) is 7.02. The van der Waals surface area contributed by atoms with Crippen molar-refractivity contribution in [1.82, 2.24) is 5.32 Å². The number of aryl methyl sites for hydroxylation is 1. The third kappa shape index (κ3) is 4.01. The molecule has 1 heterocycles. The van der Waals surface area contributed by atoms with Crippen LogP contribution in [0.5, 0.6) is 11.5 Å². The summed E-state index contributed by atoms with van der Waals surface area (Å²) in [7, 11) is 0. The van der Waals surface area contributed by atoms with Crippen molar-refractivity contribution in [1.29, 1.82) is 0 Å². The summed E-state index contributed by atoms with van der Waals surface area (Å²) >= 11 is 0. The van der Waals surface area contributed by atoms with E-state index in [4.69, 9.17) is 9.47 Å². The van der Waals surface area contributed by atoms with Crippen LogP contribution >= 0.6 is 0 Å². The molecule has 0 spiro atoms. The number of benzene rings is 2. The fourth-order valence-corrected chi connectivity index (χ4v) is 3.35. The van der Waals surface area contributed by atoms with Gasteiger partial charge in [-0.25, -0.2) is 0 Å². The van der Waals surface area contributed by atoms with Gasteiger partial charge in [-0.3, -0.25) is 4.79 Å². The number of hydrogen-bond donors (Lipinski definition) is 1. The molecule has 1 atom stereocenters. The van der Waals surface area contributed by atoms with Gasteiger partial charge < -0.3 is 14.8 Å². The topological polar surface area (TPSA) is 47.6 Å². The molecule has 0 radical (unpaired) electrons. The summed E-state index contributed by atoms with van der Waals surface area (Å²) in [5.74, 6) is 1.32. The zero-order valence-electron chi connectivity index (χ0n) is 16.1. The molecule has 2 aromatic carbocycles. The van der Waals surface area contributed by atoms with Gasteiger partial charge in [0, 0.05) is 12.0 Å². The molecule has 0 aromatic heterocycles. The Balaban J connectivity index is 1.89. The molecule has 1 N–H and O–H groups in total. The Hall–Kier alpha value is -2.49. The number of fused-ring (bicyclic) bond motifs is 1. The monoisotopic (exact) mass is 353 g/mol. The maximum Gasteiger partial charge on any atom is 0.255 e. The number of hydrogen-bond acceptors (Lipinski definition) is 3. The Morgan fingerprint density at radius 2 is 1.96 bits per heavy atom. The highest BCUT2D eigenvalue weighted by atomic mass is 16.5. The van der Waals surface area contributed by atoms with Gasteiger partial charge in [0.15, 0.2) is 0 Å². The summed E-state index contributed by atoms with van der Waals surface area (Å²) in [6, 6.07) is 13.4. The van der Waals surface area contributed by atoms with Crippen LogP contribution in [0, 0.1) is 6.92 Å². The van der Waals surface area contributed by atoms with Gasteiger partial charge in [0.25, 0.3) is 5.91 Å². The molecule has 0 saturated heterocycles. The summed E-state index contributed by atoms with van der Waals surface area (Å²) in [5, 5.41) is 3.19. The molecule has 26 heavy (non-hydrogen) atoms. The zero-order valence-corrected chi connectivity index (χ0v) is 16.1. The molecule has 0 aliphatic carbocycles. The Kier molecular flexibility index (Phi) is 4.94. The lowest BCUT2D eigenvalue weighted by Crippen LogP contribution is -2.41. The third-order valence-corrected chi connectivity index (χ3v) is 4.42. The van der Waals surface area contributed by atoms with Crippen LogP contribution < -0.4 is 14.8 Å². The SMILES string of the molecule is Cc1ccc2c(c1)[C@H](NC(=O)c1ccccc1OC(C)C)CC(C)(C)O2. The Bertz CT molecular complexity index is 811. The minimum atomic E-state index is -0.339. The van der Waals surface area contributed by atoms with Crippen molar-refractivity contribution in [2.45, 2.75) is 58.8 Å². The minimum Gasteiger partial charge on any atom is -0.490 e. The van der Waals surface area contributed by atoms with E-state index in [1.54, 1.807) is 6.07 Å². The quantitative estimate of drug-likeness (QED) is 0.858. The third-order valence-electron chi connectivity index (χ3n) is 4.42. The van der Waals surface area contributed by atoms with E-state index in [0.717, 1.165) is 16.9 Å². The maximum atomic E-state index is 13.0. The summed E-state index contributed by atoms with van der Waals surface area (Å²) < 4.78 is 11.9. The predicted octanol–water partition coefficient (Wildman–Crippen LogP) is 4.81. The van der Waals surface area contributed by atoms with Gasteiger partial charge >= 0.3 is 0 Å². The van der Waals surface area contributed by atoms with E-state index in [-0.39, 0.29) is 23.7 Å². The molecule has 2 aromatic rings. The van der Waals surface area contributed by atoms with E-state index in [0.29, 0.717) is 17.7 Å². The molecule has 3 rings (SSSR count). The number of carbonyl (C=O) groups is 1. The van der Waals surface area contributed by atoms with Crippen molar-refractivity contribution in [3.63, 3.8) is 0 Å². The van der Waals surface area contributed by atoms with Gasteiger partial charge in [-0.15, -0.1) is 0 Å². The Labute approximate surface area is 155 Å². The van der Waals surface area contributed by atoms with Crippen molar-refractivity contribution in [2.75, 3.05) is 0 Å². The number of amides is 1. The van der Waals surface area contributed by atoms with E-state index >= 15 is 0 Å². The van der Waals surface area contributed by atoms with Gasteiger partial charge in [-0.1, -0.05) is 29.8 Å². The normalized spacial score (nSPS) is 18.0. The van der Waals surface area contributed by atoms with Crippen LogP contribution in [0.4, 0.5) is 0 Å². The summed E-state index contributed by atoms with van der Waals surface area (Å²) in [4.78, 5) is 13.0. The van der Waals surface area contributed by atoms with Crippen LogP contribution in [-0.2, 0) is 0 Å². The van der Waals surface area contributed by atoms with E-state index in [1.165, 1.54) is 0 Å². The fraction of sp³-hybridized carbons (Fsp3) is 0.409. The number of ether oxygens (including phenoxy) is 2. The molecule has 0 saturated carbocycles. The zero-order chi connectivity index (χ0) is 18.9. The van der Waals surface area contributed by atoms with E-state index in [2.05, 4.69) is 11.4 Å². The first-order chi connectivity index (χ1) is 12.2. The highest BCUT2D eigenvalue weighted by Gasteiger charge is 2.35. The molecule has 4 heteroatoms. The van der Waals surface area contributed by atoms with Gasteiger partial charge in [0.1, 0.15) is 17.1 Å². The molecule has 4 nitrogen and oxygen atoms in total. The van der Waals surface area contributed by atoms with Crippen LogP contribution in [-0.4, -0.2) is 17.6 Å². The molecule has 0 bridgehead atoms. The first-order valence-corrected chi connectivity index (χ1v) is 9.11. The van der Waals surface area contributed by atoms with Crippen molar-refractivity contribution >= 4 is 5.91 Å². The van der Waals surface area contributed by atoms with E-state index in [1.807, 2.05) is 65.0 Å². The van der Waals surface area contributed by atoms with Crippen molar-refractivity contribution < 1.29 is 14.3 Å². The largest absolute Gasteiger partial charge is 0.490 e. The summed E-state index contributed by atoms with van der Waals surface area (Å²) in [6.07, 6.45) is 0.719. The van der Waals surface area contributed by atoms with Gasteiger partial charge in [-0.2, -0.15) is 0 Å². The Morgan fingerprint density at radius 1 is 1.23 bits per heavy atom. The summed E-state index contributed by atoms with van der Waals surface area (Å²) in [6.45, 7) is 10.0. The molecule has 0 fully saturated rings. The summed E-state index contributed by atoms with van der Waals surface area (Å²) in [5.41, 5.74) is 2.39. The molecule has 1 amide bonds. The molecular formula is C22H27NO3. The lowest BCUT2D eigenvalue weighted by atomic mass is 9.88. The van der Waals surface area contributed by atoms with Crippen LogP contribution in [0.25, 0.3) is 0 Å². The number of rotatable bonds is 4. The average Bonchev–Trinajstić information content (AvgIpc) is 2.54. The number of para-hydroxylation sites is 1. The van der Waals surface area contributed by atoms with Crippen LogP contribution in [0.3, 0.4) is 0 Å². The molecule has 1 aliphatic heterocycles. The predicted molar refractivity (Wildman–Crippen MR) is 103 cm³/mol. The molecule has 1 aliphatic rings. The lowest BCUT2D eigenvalue weighted by Gasteiger charge is -2.38. The second-order valence-corrected chi connectivity index (χ2v) is 7.80. The fourth-order valence-electron chi connectivity index (χ4n) is 3.35. The van der Waals surface area contributed by atoms with Crippen LogP contribution in [0.15, 0.2) is 42.5 Å². The average molecular weight is 353 g/mol. The molecule has 138 valence electrons. The molecule has 0 unspecified atom stereocenters. The number of carbonyl (C=O) groups excluding carboxylic acids is 1. The first kappa shape index (κ1) is 18.3. The molecular weight excluding hydrogens is 326 g/mol. The van der Waals surface area contributed by atoms with Crippen molar-refractivity contribution in [3.05, 3.63) is 59.2 Å².